The minimum absolute atomic E-state index is 0.195. The van der Waals surface area contributed by atoms with E-state index in [-0.39, 0.29) is 6.61 Å². The van der Waals surface area contributed by atoms with Crippen LogP contribution < -0.4 is 10.5 Å². The molecule has 1 aromatic heterocycles. The second kappa shape index (κ2) is 5.08. The van der Waals surface area contributed by atoms with Crippen LogP contribution in [0.4, 0.5) is 0 Å². The van der Waals surface area contributed by atoms with Gasteiger partial charge in [-0.2, -0.15) is 0 Å². The van der Waals surface area contributed by atoms with Gasteiger partial charge in [-0.15, -0.1) is 0 Å². The molecule has 18 heavy (non-hydrogen) atoms. The van der Waals surface area contributed by atoms with Crippen molar-refractivity contribution in [3.63, 3.8) is 0 Å². The third-order valence-corrected chi connectivity index (χ3v) is 3.00. The van der Waals surface area contributed by atoms with E-state index in [0.717, 1.165) is 22.2 Å². The molecule has 0 saturated carbocycles. The maximum atomic E-state index is 6.20. The highest BCUT2D eigenvalue weighted by molar-refractivity contribution is 7.80. The third kappa shape index (κ3) is 2.54. The topological polar surface area (TPSA) is 48.1 Å². The van der Waals surface area contributed by atoms with Crippen molar-refractivity contribution in [3.8, 4) is 5.75 Å². The van der Waals surface area contributed by atoms with Gasteiger partial charge in [-0.3, -0.25) is 0 Å². The first-order valence-electron chi connectivity index (χ1n) is 5.46. The number of aryl methyl sites for hydroxylation is 2. The van der Waals surface area contributed by atoms with Crippen LogP contribution >= 0.6 is 23.8 Å². The van der Waals surface area contributed by atoms with Crippen LogP contribution in [0.25, 0.3) is 10.9 Å². The SMILES string of the molecule is Cc1cc(C)c2c(Cl)ccc(OCC(N)=S)c2n1. The Hall–Kier alpha value is -1.39. The summed E-state index contributed by atoms with van der Waals surface area (Å²) in [6.45, 7) is 4.13. The number of fused-ring (bicyclic) bond motifs is 1. The average molecular weight is 281 g/mol. The van der Waals surface area contributed by atoms with Crippen molar-refractivity contribution < 1.29 is 4.74 Å². The van der Waals surface area contributed by atoms with Crippen LogP contribution in [-0.2, 0) is 0 Å². The molecule has 0 saturated heterocycles. The fourth-order valence-electron chi connectivity index (χ4n) is 1.89. The molecule has 1 heterocycles. The van der Waals surface area contributed by atoms with Gasteiger partial charge in [0.1, 0.15) is 22.9 Å². The minimum atomic E-state index is 0.195. The first-order chi connectivity index (χ1) is 8.49. The molecule has 0 atom stereocenters. The summed E-state index contributed by atoms with van der Waals surface area (Å²) in [6.07, 6.45) is 0. The molecule has 0 unspecified atom stereocenters. The second-order valence-corrected chi connectivity index (χ2v) is 5.04. The number of pyridine rings is 1. The molecular weight excluding hydrogens is 268 g/mol. The molecule has 2 rings (SSSR count). The molecule has 0 aliphatic heterocycles. The number of thiocarbonyl (C=S) groups is 1. The van der Waals surface area contributed by atoms with E-state index in [9.17, 15) is 0 Å². The van der Waals surface area contributed by atoms with E-state index in [0.29, 0.717) is 15.8 Å². The Bertz CT molecular complexity index is 628. The van der Waals surface area contributed by atoms with Crippen LogP contribution in [0.15, 0.2) is 18.2 Å². The first kappa shape index (κ1) is 13.1. The Labute approximate surface area is 116 Å². The van der Waals surface area contributed by atoms with Crippen molar-refractivity contribution in [2.45, 2.75) is 13.8 Å². The number of hydrogen-bond donors (Lipinski definition) is 1. The third-order valence-electron chi connectivity index (χ3n) is 2.57. The summed E-state index contributed by atoms with van der Waals surface area (Å²) in [5.74, 6) is 0.647. The van der Waals surface area contributed by atoms with E-state index >= 15 is 0 Å². The highest BCUT2D eigenvalue weighted by Gasteiger charge is 2.10. The van der Waals surface area contributed by atoms with Gasteiger partial charge in [0.15, 0.2) is 0 Å². The lowest BCUT2D eigenvalue weighted by Crippen LogP contribution is -2.18. The molecule has 0 fully saturated rings. The van der Waals surface area contributed by atoms with Crippen LogP contribution in [0.2, 0.25) is 5.02 Å². The highest BCUT2D eigenvalue weighted by Crippen LogP contribution is 2.32. The van der Waals surface area contributed by atoms with Gasteiger partial charge in [0, 0.05) is 11.1 Å². The zero-order chi connectivity index (χ0) is 13.3. The highest BCUT2D eigenvalue weighted by atomic mass is 35.5. The number of rotatable bonds is 3. The van der Waals surface area contributed by atoms with Crippen molar-refractivity contribution in [2.75, 3.05) is 6.61 Å². The Kier molecular flexibility index (Phi) is 3.68. The number of ether oxygens (including phenoxy) is 1. The summed E-state index contributed by atoms with van der Waals surface area (Å²) < 4.78 is 5.56. The van der Waals surface area contributed by atoms with Crippen LogP contribution in [0.3, 0.4) is 0 Å². The van der Waals surface area contributed by atoms with Gasteiger partial charge in [0.2, 0.25) is 0 Å². The molecule has 2 aromatic rings. The van der Waals surface area contributed by atoms with Gasteiger partial charge in [0.05, 0.1) is 5.02 Å². The molecule has 2 N–H and O–H groups in total. The number of benzene rings is 1. The van der Waals surface area contributed by atoms with Gasteiger partial charge in [-0.1, -0.05) is 23.8 Å². The van der Waals surface area contributed by atoms with E-state index < -0.39 is 0 Å². The molecule has 0 amide bonds. The van der Waals surface area contributed by atoms with Crippen molar-refractivity contribution in [2.24, 2.45) is 5.73 Å². The fraction of sp³-hybridized carbons (Fsp3) is 0.231. The molecule has 0 spiro atoms. The molecule has 0 bridgehead atoms. The first-order valence-corrected chi connectivity index (χ1v) is 6.25. The van der Waals surface area contributed by atoms with Crippen molar-refractivity contribution in [1.29, 1.82) is 0 Å². The molecular formula is C13H13ClN2OS. The number of aromatic nitrogens is 1. The molecule has 5 heteroatoms. The zero-order valence-electron chi connectivity index (χ0n) is 10.2. The van der Waals surface area contributed by atoms with E-state index in [4.69, 9.17) is 34.3 Å². The van der Waals surface area contributed by atoms with Gasteiger partial charge in [-0.05, 0) is 37.6 Å². The standard InChI is InChI=1S/C13H13ClN2OS/c1-7-5-8(2)16-13-10(17-6-11(15)18)4-3-9(14)12(7)13/h3-5H,6H2,1-2H3,(H2,15,18). The van der Waals surface area contributed by atoms with Gasteiger partial charge in [-0.25, -0.2) is 4.98 Å². The Balaban J connectivity index is 2.61. The monoisotopic (exact) mass is 280 g/mol. The molecule has 0 aliphatic rings. The summed E-state index contributed by atoms with van der Waals surface area (Å²) in [7, 11) is 0. The molecule has 3 nitrogen and oxygen atoms in total. The van der Waals surface area contributed by atoms with E-state index in [1.54, 1.807) is 12.1 Å². The number of nitrogens with zero attached hydrogens (tertiary/aromatic N) is 1. The van der Waals surface area contributed by atoms with E-state index in [1.807, 2.05) is 19.9 Å². The van der Waals surface area contributed by atoms with Crippen LogP contribution in [-0.4, -0.2) is 16.6 Å². The average Bonchev–Trinajstić information content (AvgIpc) is 2.26. The lowest BCUT2D eigenvalue weighted by molar-refractivity contribution is 0.381. The van der Waals surface area contributed by atoms with Crippen molar-refractivity contribution in [1.82, 2.24) is 4.98 Å². The summed E-state index contributed by atoms with van der Waals surface area (Å²) in [5.41, 5.74) is 8.17. The normalized spacial score (nSPS) is 10.6. The van der Waals surface area contributed by atoms with Gasteiger partial charge in [0.25, 0.3) is 0 Å². The Morgan fingerprint density at radius 3 is 2.83 bits per heavy atom. The Morgan fingerprint density at radius 2 is 2.17 bits per heavy atom. The Morgan fingerprint density at radius 1 is 1.44 bits per heavy atom. The number of halogens is 1. The predicted octanol–water partition coefficient (Wildman–Crippen LogP) is 3.17. The van der Waals surface area contributed by atoms with Crippen LogP contribution in [0.1, 0.15) is 11.3 Å². The fourth-order valence-corrected chi connectivity index (χ4v) is 2.25. The predicted molar refractivity (Wildman–Crippen MR) is 78.5 cm³/mol. The van der Waals surface area contributed by atoms with Crippen LogP contribution in [0, 0.1) is 13.8 Å². The summed E-state index contributed by atoms with van der Waals surface area (Å²) >= 11 is 11.0. The lowest BCUT2D eigenvalue weighted by atomic mass is 10.1. The lowest BCUT2D eigenvalue weighted by Gasteiger charge is -2.11. The van der Waals surface area contributed by atoms with Crippen LogP contribution in [0.5, 0.6) is 5.75 Å². The number of hydrogen-bond acceptors (Lipinski definition) is 3. The zero-order valence-corrected chi connectivity index (χ0v) is 11.7. The maximum Gasteiger partial charge on any atom is 0.146 e. The van der Waals surface area contributed by atoms with Crippen molar-refractivity contribution in [3.05, 3.63) is 34.5 Å². The van der Waals surface area contributed by atoms with E-state index in [2.05, 4.69) is 4.98 Å². The molecule has 1 aromatic carbocycles. The molecule has 0 radical (unpaired) electrons. The summed E-state index contributed by atoms with van der Waals surface area (Å²) in [4.78, 5) is 4.79. The van der Waals surface area contributed by atoms with Crippen molar-refractivity contribution >= 4 is 39.7 Å². The second-order valence-electron chi connectivity index (χ2n) is 4.10. The summed E-state index contributed by atoms with van der Waals surface area (Å²) in [6, 6.07) is 5.57. The summed E-state index contributed by atoms with van der Waals surface area (Å²) in [5, 5.41) is 1.57. The molecule has 0 aliphatic carbocycles. The van der Waals surface area contributed by atoms with E-state index in [1.165, 1.54) is 0 Å². The minimum Gasteiger partial charge on any atom is -0.484 e. The maximum absolute atomic E-state index is 6.20. The number of nitrogens with two attached hydrogens (primary N) is 1. The largest absolute Gasteiger partial charge is 0.484 e. The van der Waals surface area contributed by atoms with Gasteiger partial charge < -0.3 is 10.5 Å². The van der Waals surface area contributed by atoms with Gasteiger partial charge >= 0.3 is 0 Å². The molecule has 94 valence electrons. The smallest absolute Gasteiger partial charge is 0.146 e. The quantitative estimate of drug-likeness (QED) is 0.878.